The molecule has 1 saturated heterocycles. The Kier molecular flexibility index (Phi) is 5.10. The van der Waals surface area contributed by atoms with Gasteiger partial charge >= 0.3 is 0 Å². The number of rotatable bonds is 4. The van der Waals surface area contributed by atoms with Gasteiger partial charge in [-0.2, -0.15) is 0 Å². The highest BCUT2D eigenvalue weighted by atomic mass is 35.5. The molecule has 2 N–H and O–H groups in total. The summed E-state index contributed by atoms with van der Waals surface area (Å²) in [5.74, 6) is -0.120. The Balaban J connectivity index is 1.63. The maximum atomic E-state index is 12.2. The molecule has 1 aliphatic rings. The largest absolute Gasteiger partial charge is 0.391 e. The molecule has 0 radical (unpaired) electrons. The highest BCUT2D eigenvalue weighted by Crippen LogP contribution is 2.19. The maximum absolute atomic E-state index is 12.2. The number of hydrogen-bond acceptors (Lipinski definition) is 4. The molecule has 0 saturated carbocycles. The lowest BCUT2D eigenvalue weighted by molar-refractivity contribution is 0.00871. The Morgan fingerprint density at radius 1 is 1.35 bits per heavy atom. The van der Waals surface area contributed by atoms with Crippen LogP contribution in [-0.2, 0) is 4.74 Å². The monoisotopic (exact) mass is 334 g/mol. The van der Waals surface area contributed by atoms with Crippen LogP contribution in [0.5, 0.6) is 0 Å². The van der Waals surface area contributed by atoms with E-state index in [1.807, 2.05) is 12.1 Å². The second-order valence-electron chi connectivity index (χ2n) is 5.76. The first kappa shape index (κ1) is 16.2. The number of fused-ring (bicyclic) bond motifs is 1. The average Bonchev–Trinajstić information content (AvgIpc) is 2.59. The van der Waals surface area contributed by atoms with Gasteiger partial charge < -0.3 is 15.2 Å². The molecule has 2 heterocycles. The number of aromatic nitrogens is 1. The zero-order valence-electron chi connectivity index (χ0n) is 12.7. The van der Waals surface area contributed by atoms with Gasteiger partial charge in [0.1, 0.15) is 5.69 Å². The van der Waals surface area contributed by atoms with Gasteiger partial charge in [0.05, 0.1) is 11.6 Å². The quantitative estimate of drug-likeness (QED) is 0.900. The second-order valence-corrected chi connectivity index (χ2v) is 6.20. The third-order valence-electron chi connectivity index (χ3n) is 4.17. The van der Waals surface area contributed by atoms with Gasteiger partial charge in [-0.3, -0.25) is 4.79 Å². The second kappa shape index (κ2) is 7.25. The number of nitrogens with one attached hydrogen (secondary N) is 1. The first-order chi connectivity index (χ1) is 11.1. The highest BCUT2D eigenvalue weighted by molar-refractivity contribution is 6.31. The van der Waals surface area contributed by atoms with E-state index in [4.69, 9.17) is 16.3 Å². The van der Waals surface area contributed by atoms with E-state index in [9.17, 15) is 9.90 Å². The van der Waals surface area contributed by atoms with E-state index in [2.05, 4.69) is 10.3 Å². The molecular weight excluding hydrogens is 316 g/mol. The summed E-state index contributed by atoms with van der Waals surface area (Å²) in [6, 6.07) is 8.89. The Bertz CT molecular complexity index is 701. The number of hydrogen-bond donors (Lipinski definition) is 2. The molecule has 1 atom stereocenters. The third-order valence-corrected chi connectivity index (χ3v) is 4.40. The zero-order valence-corrected chi connectivity index (χ0v) is 13.4. The van der Waals surface area contributed by atoms with Crippen LogP contribution < -0.4 is 5.32 Å². The van der Waals surface area contributed by atoms with Crippen LogP contribution in [-0.4, -0.2) is 41.9 Å². The number of aliphatic hydroxyl groups excluding tert-OH is 1. The lowest BCUT2D eigenvalue weighted by Crippen LogP contribution is -2.38. The van der Waals surface area contributed by atoms with Gasteiger partial charge in [-0.05, 0) is 37.0 Å². The lowest BCUT2D eigenvalue weighted by Gasteiger charge is -2.26. The molecule has 122 valence electrons. The number of aliphatic hydroxyl groups is 1. The summed E-state index contributed by atoms with van der Waals surface area (Å²) in [6.45, 7) is 1.56. The molecule has 1 aliphatic heterocycles. The van der Waals surface area contributed by atoms with Crippen molar-refractivity contribution in [3.8, 4) is 0 Å². The minimum absolute atomic E-state index is 0.174. The summed E-state index contributed by atoms with van der Waals surface area (Å²) in [7, 11) is 0. The van der Waals surface area contributed by atoms with Crippen molar-refractivity contribution in [3.05, 3.63) is 41.0 Å². The van der Waals surface area contributed by atoms with E-state index in [1.54, 1.807) is 18.2 Å². The van der Waals surface area contributed by atoms with Crippen molar-refractivity contribution in [3.63, 3.8) is 0 Å². The van der Waals surface area contributed by atoms with Gasteiger partial charge in [-0.25, -0.2) is 4.98 Å². The summed E-state index contributed by atoms with van der Waals surface area (Å²) in [4.78, 5) is 16.5. The first-order valence-corrected chi connectivity index (χ1v) is 8.11. The smallest absolute Gasteiger partial charge is 0.269 e. The summed E-state index contributed by atoms with van der Waals surface area (Å²) in [5.41, 5.74) is 0.995. The van der Waals surface area contributed by atoms with E-state index < -0.39 is 6.10 Å². The Labute approximate surface area is 139 Å². The van der Waals surface area contributed by atoms with Crippen LogP contribution >= 0.6 is 11.6 Å². The van der Waals surface area contributed by atoms with Gasteiger partial charge in [0.25, 0.3) is 5.91 Å². The molecule has 0 bridgehead atoms. The number of nitrogens with zero attached hydrogens (tertiary/aromatic N) is 1. The third kappa shape index (κ3) is 3.99. The number of carbonyl (C=O) groups is 1. The van der Waals surface area contributed by atoms with Gasteiger partial charge in [0, 0.05) is 30.2 Å². The predicted molar refractivity (Wildman–Crippen MR) is 88.6 cm³/mol. The minimum atomic E-state index is -0.558. The minimum Gasteiger partial charge on any atom is -0.391 e. The maximum Gasteiger partial charge on any atom is 0.269 e. The van der Waals surface area contributed by atoms with Gasteiger partial charge in [-0.1, -0.05) is 23.7 Å². The topological polar surface area (TPSA) is 71.5 Å². The molecule has 3 rings (SSSR count). The number of ether oxygens (including phenoxy) is 1. The molecule has 1 aromatic carbocycles. The van der Waals surface area contributed by atoms with Crippen molar-refractivity contribution in [1.82, 2.24) is 10.3 Å². The SMILES string of the molecule is O=C(NCC(O)C1CCOCC1)c1ccc2ccc(Cl)cc2n1. The first-order valence-electron chi connectivity index (χ1n) is 7.74. The molecule has 1 aromatic heterocycles. The molecule has 23 heavy (non-hydrogen) atoms. The van der Waals surface area contributed by atoms with Crippen LogP contribution in [0, 0.1) is 5.92 Å². The zero-order chi connectivity index (χ0) is 16.2. The van der Waals surface area contributed by atoms with Crippen molar-refractivity contribution in [2.24, 2.45) is 5.92 Å². The van der Waals surface area contributed by atoms with Crippen LogP contribution in [0.2, 0.25) is 5.02 Å². The fourth-order valence-electron chi connectivity index (χ4n) is 2.77. The number of benzene rings is 1. The van der Waals surface area contributed by atoms with E-state index in [-0.39, 0.29) is 18.4 Å². The van der Waals surface area contributed by atoms with E-state index in [1.165, 1.54) is 0 Å². The molecule has 6 heteroatoms. The van der Waals surface area contributed by atoms with E-state index >= 15 is 0 Å². The van der Waals surface area contributed by atoms with Crippen LogP contribution in [0.25, 0.3) is 10.9 Å². The molecule has 2 aromatic rings. The molecule has 5 nitrogen and oxygen atoms in total. The van der Waals surface area contributed by atoms with Crippen molar-refractivity contribution in [1.29, 1.82) is 0 Å². The fraction of sp³-hybridized carbons (Fsp3) is 0.412. The Morgan fingerprint density at radius 3 is 2.87 bits per heavy atom. The average molecular weight is 335 g/mol. The summed E-state index contributed by atoms with van der Waals surface area (Å²) in [5, 5.41) is 14.4. The van der Waals surface area contributed by atoms with Crippen LogP contribution in [0.4, 0.5) is 0 Å². The fourth-order valence-corrected chi connectivity index (χ4v) is 2.94. The number of carbonyl (C=O) groups excluding carboxylic acids is 1. The Morgan fingerprint density at radius 2 is 2.09 bits per heavy atom. The predicted octanol–water partition coefficient (Wildman–Crippen LogP) is 2.41. The summed E-state index contributed by atoms with van der Waals surface area (Å²) < 4.78 is 5.28. The van der Waals surface area contributed by atoms with Crippen molar-refractivity contribution >= 4 is 28.4 Å². The van der Waals surface area contributed by atoms with E-state index in [0.717, 1.165) is 18.2 Å². The van der Waals surface area contributed by atoms with Gasteiger partial charge in [0.2, 0.25) is 0 Å². The van der Waals surface area contributed by atoms with E-state index in [0.29, 0.717) is 29.4 Å². The standard InChI is InChI=1S/C17H19ClN2O3/c18-13-3-1-11-2-4-14(20-15(11)9-13)17(22)19-10-16(21)12-5-7-23-8-6-12/h1-4,9,12,16,21H,5-8,10H2,(H,19,22). The molecular formula is C17H19ClN2O3. The molecule has 1 fully saturated rings. The molecule has 1 amide bonds. The summed E-state index contributed by atoms with van der Waals surface area (Å²) in [6.07, 6.45) is 1.09. The van der Waals surface area contributed by atoms with Crippen molar-refractivity contribution < 1.29 is 14.6 Å². The number of amides is 1. The van der Waals surface area contributed by atoms with Crippen LogP contribution in [0.3, 0.4) is 0 Å². The molecule has 0 spiro atoms. The normalized spacial score (nSPS) is 17.1. The Hall–Kier alpha value is -1.69. The van der Waals surface area contributed by atoms with Gasteiger partial charge in [0.15, 0.2) is 0 Å². The van der Waals surface area contributed by atoms with Gasteiger partial charge in [-0.15, -0.1) is 0 Å². The highest BCUT2D eigenvalue weighted by Gasteiger charge is 2.22. The van der Waals surface area contributed by atoms with Crippen molar-refractivity contribution in [2.45, 2.75) is 18.9 Å². The molecule has 0 aliphatic carbocycles. The number of pyridine rings is 1. The molecule has 1 unspecified atom stereocenters. The lowest BCUT2D eigenvalue weighted by atomic mass is 9.94. The van der Waals surface area contributed by atoms with Crippen molar-refractivity contribution in [2.75, 3.05) is 19.8 Å². The van der Waals surface area contributed by atoms with Crippen LogP contribution in [0.1, 0.15) is 23.3 Å². The summed E-state index contributed by atoms with van der Waals surface area (Å²) >= 11 is 5.96. The number of halogens is 1. The van der Waals surface area contributed by atoms with Crippen LogP contribution in [0.15, 0.2) is 30.3 Å².